The van der Waals surface area contributed by atoms with Gasteiger partial charge in [-0.15, -0.1) is 5.10 Å². The average molecular weight is 320 g/mol. The van der Waals surface area contributed by atoms with Gasteiger partial charge < -0.3 is 4.90 Å². The van der Waals surface area contributed by atoms with Crippen LogP contribution in [-0.4, -0.2) is 25.8 Å². The van der Waals surface area contributed by atoms with Crippen LogP contribution in [0.5, 0.6) is 0 Å². The Morgan fingerprint density at radius 1 is 1.29 bits per heavy atom. The second-order valence-electron chi connectivity index (χ2n) is 5.57. The molecule has 1 amide bonds. The zero-order valence-electron chi connectivity index (χ0n) is 14.0. The van der Waals surface area contributed by atoms with Gasteiger partial charge in [0.25, 0.3) is 0 Å². The first kappa shape index (κ1) is 15.9. The van der Waals surface area contributed by atoms with Crippen LogP contribution in [0.1, 0.15) is 25.1 Å². The lowest BCUT2D eigenvalue weighted by atomic mass is 9.95. The molecule has 0 unspecified atom stereocenters. The maximum absolute atomic E-state index is 12.2. The molecule has 3 rings (SSSR count). The minimum absolute atomic E-state index is 0.0506. The SMILES string of the molecule is C=C/C1=C(\C=C)N(C(C)=O)Cc2ccccc2-c2c1nnn2CC. The van der Waals surface area contributed by atoms with E-state index < -0.39 is 0 Å². The maximum atomic E-state index is 12.2. The van der Waals surface area contributed by atoms with Crippen molar-refractivity contribution in [3.05, 3.63) is 66.5 Å². The summed E-state index contributed by atoms with van der Waals surface area (Å²) in [7, 11) is 0. The fourth-order valence-corrected chi connectivity index (χ4v) is 3.10. The van der Waals surface area contributed by atoms with Crippen molar-refractivity contribution in [2.45, 2.75) is 26.9 Å². The van der Waals surface area contributed by atoms with Crippen LogP contribution in [0.25, 0.3) is 16.8 Å². The van der Waals surface area contributed by atoms with Crippen molar-refractivity contribution in [1.29, 1.82) is 0 Å². The number of hydrogen-bond donors (Lipinski definition) is 0. The molecule has 1 aliphatic rings. The smallest absolute Gasteiger partial charge is 0.224 e. The maximum Gasteiger partial charge on any atom is 0.224 e. The summed E-state index contributed by atoms with van der Waals surface area (Å²) in [5.74, 6) is -0.0506. The molecule has 0 atom stereocenters. The Bertz CT molecular complexity index is 860. The summed E-state index contributed by atoms with van der Waals surface area (Å²) in [4.78, 5) is 14.0. The number of nitrogens with zero attached hydrogens (tertiary/aromatic N) is 4. The van der Waals surface area contributed by atoms with Crippen LogP contribution in [0.15, 0.2) is 55.3 Å². The van der Waals surface area contributed by atoms with E-state index in [1.807, 2.05) is 35.9 Å². The molecule has 0 saturated heterocycles. The Hall–Kier alpha value is -2.95. The number of rotatable bonds is 3. The molecule has 5 nitrogen and oxygen atoms in total. The first-order valence-corrected chi connectivity index (χ1v) is 7.91. The lowest BCUT2D eigenvalue weighted by Gasteiger charge is -2.27. The molecule has 1 aromatic heterocycles. The van der Waals surface area contributed by atoms with Gasteiger partial charge in [0, 0.05) is 24.6 Å². The van der Waals surface area contributed by atoms with Gasteiger partial charge in [-0.25, -0.2) is 4.68 Å². The summed E-state index contributed by atoms with van der Waals surface area (Å²) in [5.41, 5.74) is 5.23. The van der Waals surface area contributed by atoms with Crippen LogP contribution >= 0.6 is 0 Å². The van der Waals surface area contributed by atoms with E-state index in [0.717, 1.165) is 28.1 Å². The molecule has 5 heteroatoms. The van der Waals surface area contributed by atoms with Gasteiger partial charge in [-0.2, -0.15) is 0 Å². The van der Waals surface area contributed by atoms with Crippen LogP contribution in [0.2, 0.25) is 0 Å². The third kappa shape index (κ3) is 2.38. The number of allylic oxidation sites excluding steroid dienone is 3. The van der Waals surface area contributed by atoms with Crippen LogP contribution < -0.4 is 0 Å². The van der Waals surface area contributed by atoms with Gasteiger partial charge in [0.2, 0.25) is 5.91 Å². The quantitative estimate of drug-likeness (QED) is 0.871. The fourth-order valence-electron chi connectivity index (χ4n) is 3.10. The summed E-state index contributed by atoms with van der Waals surface area (Å²) in [6.07, 6.45) is 3.40. The molecule has 0 radical (unpaired) electrons. The van der Waals surface area contributed by atoms with E-state index in [9.17, 15) is 4.79 Å². The number of carbonyl (C=O) groups is 1. The summed E-state index contributed by atoms with van der Waals surface area (Å²) in [5, 5.41) is 8.65. The largest absolute Gasteiger partial charge is 0.308 e. The molecular formula is C19H20N4O. The summed E-state index contributed by atoms with van der Waals surface area (Å²) < 4.78 is 1.88. The molecule has 0 aliphatic carbocycles. The zero-order chi connectivity index (χ0) is 17.3. The number of fused-ring (bicyclic) bond motifs is 3. The van der Waals surface area contributed by atoms with Crippen LogP contribution in [0.4, 0.5) is 0 Å². The Kier molecular flexibility index (Phi) is 4.16. The van der Waals surface area contributed by atoms with Crippen LogP contribution in [0.3, 0.4) is 0 Å². The molecule has 1 aliphatic heterocycles. The lowest BCUT2D eigenvalue weighted by Crippen LogP contribution is -2.29. The molecule has 0 fully saturated rings. The Morgan fingerprint density at radius 2 is 2.04 bits per heavy atom. The Morgan fingerprint density at radius 3 is 2.67 bits per heavy atom. The van der Waals surface area contributed by atoms with Gasteiger partial charge in [0.05, 0.1) is 17.9 Å². The highest BCUT2D eigenvalue weighted by Gasteiger charge is 2.27. The molecule has 1 aromatic carbocycles. The Balaban J connectivity index is 2.42. The number of benzene rings is 1. The standard InChI is InChI=1S/C19H20N4O/c1-5-15-17(6-2)22(13(4)24)12-14-10-8-9-11-16(14)19-18(15)20-21-23(19)7-3/h5-6,8-11H,1-2,7,12H2,3-4H3/b17-15-. The Labute approximate surface area is 141 Å². The molecule has 2 aromatic rings. The van der Waals surface area contributed by atoms with Crippen molar-refractivity contribution in [1.82, 2.24) is 19.9 Å². The summed E-state index contributed by atoms with van der Waals surface area (Å²) in [6.45, 7) is 12.6. The van der Waals surface area contributed by atoms with Gasteiger partial charge in [-0.3, -0.25) is 4.79 Å². The highest BCUT2D eigenvalue weighted by atomic mass is 16.2. The van der Waals surface area contributed by atoms with Crippen molar-refractivity contribution >= 4 is 11.5 Å². The topological polar surface area (TPSA) is 51.0 Å². The van der Waals surface area contributed by atoms with Crippen LogP contribution in [0, 0.1) is 0 Å². The second-order valence-corrected chi connectivity index (χ2v) is 5.57. The van der Waals surface area contributed by atoms with Crippen molar-refractivity contribution in [2.24, 2.45) is 0 Å². The predicted octanol–water partition coefficient (Wildman–Crippen LogP) is 3.41. The number of aromatic nitrogens is 3. The minimum Gasteiger partial charge on any atom is -0.308 e. The number of hydrogen-bond acceptors (Lipinski definition) is 3. The average Bonchev–Trinajstić information content (AvgIpc) is 2.99. The van der Waals surface area contributed by atoms with Gasteiger partial charge in [-0.1, -0.05) is 48.7 Å². The first-order chi connectivity index (χ1) is 11.6. The molecule has 0 saturated carbocycles. The van der Waals surface area contributed by atoms with Gasteiger partial charge in [-0.05, 0) is 18.6 Å². The van der Waals surface area contributed by atoms with Gasteiger partial charge in [0.15, 0.2) is 0 Å². The van der Waals surface area contributed by atoms with E-state index in [1.54, 1.807) is 24.0 Å². The number of aryl methyl sites for hydroxylation is 1. The van der Waals surface area contributed by atoms with E-state index in [0.29, 0.717) is 18.8 Å². The van der Waals surface area contributed by atoms with Crippen molar-refractivity contribution in [3.8, 4) is 11.3 Å². The fraction of sp³-hybridized carbons (Fsp3) is 0.211. The van der Waals surface area contributed by atoms with E-state index in [-0.39, 0.29) is 5.91 Å². The summed E-state index contributed by atoms with van der Waals surface area (Å²) in [6, 6.07) is 8.04. The van der Waals surface area contributed by atoms with Crippen LogP contribution in [-0.2, 0) is 17.9 Å². The molecule has 2 heterocycles. The first-order valence-electron chi connectivity index (χ1n) is 7.91. The third-order valence-electron chi connectivity index (χ3n) is 4.24. The number of carbonyl (C=O) groups excluding carboxylic acids is 1. The third-order valence-corrected chi connectivity index (χ3v) is 4.24. The van der Waals surface area contributed by atoms with Gasteiger partial charge >= 0.3 is 0 Å². The van der Waals surface area contributed by atoms with E-state index >= 15 is 0 Å². The number of amides is 1. The highest BCUT2D eigenvalue weighted by molar-refractivity contribution is 5.89. The van der Waals surface area contributed by atoms with E-state index in [4.69, 9.17) is 0 Å². The minimum atomic E-state index is -0.0506. The normalized spacial score (nSPS) is 16.7. The molecule has 0 N–H and O–H groups in total. The molecule has 122 valence electrons. The molecule has 0 bridgehead atoms. The second kappa shape index (κ2) is 6.28. The van der Waals surface area contributed by atoms with Gasteiger partial charge in [0.1, 0.15) is 5.69 Å². The molecular weight excluding hydrogens is 300 g/mol. The van der Waals surface area contributed by atoms with E-state index in [2.05, 4.69) is 23.5 Å². The predicted molar refractivity (Wildman–Crippen MR) is 94.7 cm³/mol. The van der Waals surface area contributed by atoms with Crippen molar-refractivity contribution in [2.75, 3.05) is 0 Å². The lowest BCUT2D eigenvalue weighted by molar-refractivity contribution is -0.127. The summed E-state index contributed by atoms with van der Waals surface area (Å²) >= 11 is 0. The monoisotopic (exact) mass is 320 g/mol. The van der Waals surface area contributed by atoms with Crippen molar-refractivity contribution in [3.63, 3.8) is 0 Å². The molecule has 0 spiro atoms. The van der Waals surface area contributed by atoms with Crippen molar-refractivity contribution < 1.29 is 4.79 Å². The zero-order valence-corrected chi connectivity index (χ0v) is 14.0. The molecule has 24 heavy (non-hydrogen) atoms. The van der Waals surface area contributed by atoms with E-state index in [1.165, 1.54) is 0 Å². The highest BCUT2D eigenvalue weighted by Crippen LogP contribution is 2.36.